The predicted octanol–water partition coefficient (Wildman–Crippen LogP) is -1.01. The minimum atomic E-state index is 0.329. The third-order valence-electron chi connectivity index (χ3n) is 2.16. The van der Waals surface area contributed by atoms with Gasteiger partial charge in [-0.15, -0.1) is 0 Å². The van der Waals surface area contributed by atoms with Gasteiger partial charge in [0.05, 0.1) is 12.7 Å². The zero-order chi connectivity index (χ0) is 8.81. The molecular formula is C8H19N3O. The molecule has 1 aliphatic rings. The van der Waals surface area contributed by atoms with Gasteiger partial charge in [0.15, 0.2) is 0 Å². The molecule has 72 valence electrons. The molecule has 0 aliphatic carbocycles. The number of hydrogen-bond acceptors (Lipinski definition) is 4. The van der Waals surface area contributed by atoms with Crippen LogP contribution >= 0.6 is 0 Å². The van der Waals surface area contributed by atoms with E-state index >= 15 is 0 Å². The molecule has 12 heavy (non-hydrogen) atoms. The van der Waals surface area contributed by atoms with E-state index < -0.39 is 0 Å². The molecule has 0 spiro atoms. The Kier molecular flexibility index (Phi) is 4.53. The monoisotopic (exact) mass is 173 g/mol. The Hall–Kier alpha value is -0.160. The summed E-state index contributed by atoms with van der Waals surface area (Å²) in [5, 5.41) is 0. The van der Waals surface area contributed by atoms with Crippen LogP contribution in [0.25, 0.3) is 0 Å². The second-order valence-corrected chi connectivity index (χ2v) is 3.16. The summed E-state index contributed by atoms with van der Waals surface area (Å²) in [5.41, 5.74) is 10.9. The summed E-state index contributed by atoms with van der Waals surface area (Å²) in [5.74, 6) is 0. The molecule has 1 aliphatic heterocycles. The van der Waals surface area contributed by atoms with E-state index in [-0.39, 0.29) is 0 Å². The summed E-state index contributed by atoms with van der Waals surface area (Å²) < 4.78 is 5.53. The molecule has 4 heteroatoms. The zero-order valence-electron chi connectivity index (χ0n) is 7.54. The van der Waals surface area contributed by atoms with Gasteiger partial charge in [0.2, 0.25) is 0 Å². The van der Waals surface area contributed by atoms with Crippen molar-refractivity contribution in [2.45, 2.75) is 12.5 Å². The molecule has 0 aromatic rings. The van der Waals surface area contributed by atoms with Crippen LogP contribution in [0, 0.1) is 0 Å². The van der Waals surface area contributed by atoms with Crippen molar-refractivity contribution < 1.29 is 4.74 Å². The Balaban J connectivity index is 2.20. The fraction of sp³-hybridized carbons (Fsp3) is 1.00. The summed E-state index contributed by atoms with van der Waals surface area (Å²) in [6.07, 6.45) is 1.29. The Bertz CT molecular complexity index is 105. The van der Waals surface area contributed by atoms with Crippen molar-refractivity contribution in [2.75, 3.05) is 39.3 Å². The molecular weight excluding hydrogens is 154 g/mol. The van der Waals surface area contributed by atoms with Crippen LogP contribution in [0.1, 0.15) is 6.42 Å². The minimum absolute atomic E-state index is 0.329. The number of hydrogen-bond donors (Lipinski definition) is 2. The van der Waals surface area contributed by atoms with Crippen molar-refractivity contribution in [3.63, 3.8) is 0 Å². The van der Waals surface area contributed by atoms with E-state index in [0.29, 0.717) is 12.6 Å². The molecule has 0 saturated carbocycles. The Labute approximate surface area is 73.8 Å². The lowest BCUT2D eigenvalue weighted by Crippen LogP contribution is -2.44. The molecule has 0 amide bonds. The zero-order valence-corrected chi connectivity index (χ0v) is 7.54. The molecule has 1 atom stereocenters. The van der Waals surface area contributed by atoms with Gasteiger partial charge >= 0.3 is 0 Å². The summed E-state index contributed by atoms with van der Waals surface area (Å²) in [6, 6.07) is 0. The molecule has 1 saturated heterocycles. The van der Waals surface area contributed by atoms with E-state index in [2.05, 4.69) is 4.90 Å². The van der Waals surface area contributed by atoms with Crippen LogP contribution in [0.2, 0.25) is 0 Å². The van der Waals surface area contributed by atoms with Gasteiger partial charge < -0.3 is 16.2 Å². The summed E-state index contributed by atoms with van der Waals surface area (Å²) in [6.45, 7) is 5.25. The Morgan fingerprint density at radius 1 is 1.33 bits per heavy atom. The first-order chi connectivity index (χ1) is 5.86. The summed E-state index contributed by atoms with van der Waals surface area (Å²) in [4.78, 5) is 2.34. The van der Waals surface area contributed by atoms with Gasteiger partial charge in [-0.05, 0) is 13.0 Å². The highest BCUT2D eigenvalue weighted by atomic mass is 16.5. The number of rotatable bonds is 4. The van der Waals surface area contributed by atoms with Crippen LogP contribution in [0.3, 0.4) is 0 Å². The molecule has 0 aromatic carbocycles. The van der Waals surface area contributed by atoms with Crippen LogP contribution in [-0.2, 0) is 4.74 Å². The molecule has 4 N–H and O–H groups in total. The summed E-state index contributed by atoms with van der Waals surface area (Å²) in [7, 11) is 0. The van der Waals surface area contributed by atoms with E-state index in [9.17, 15) is 0 Å². The average Bonchev–Trinajstić information content (AvgIpc) is 2.06. The van der Waals surface area contributed by atoms with Gasteiger partial charge in [0, 0.05) is 26.2 Å². The first-order valence-corrected chi connectivity index (χ1v) is 4.61. The predicted molar refractivity (Wildman–Crippen MR) is 48.9 cm³/mol. The fourth-order valence-electron chi connectivity index (χ4n) is 1.53. The SMILES string of the molecule is NCCC1CN(CCN)CCO1. The molecule has 1 fully saturated rings. The highest BCUT2D eigenvalue weighted by Gasteiger charge is 2.18. The van der Waals surface area contributed by atoms with Gasteiger partial charge in [-0.1, -0.05) is 0 Å². The molecule has 4 nitrogen and oxygen atoms in total. The maximum absolute atomic E-state index is 5.53. The van der Waals surface area contributed by atoms with Gasteiger partial charge in [0.1, 0.15) is 0 Å². The van der Waals surface area contributed by atoms with Crippen molar-refractivity contribution in [2.24, 2.45) is 11.5 Å². The van der Waals surface area contributed by atoms with Crippen molar-refractivity contribution in [3.05, 3.63) is 0 Å². The number of nitrogens with two attached hydrogens (primary N) is 2. The van der Waals surface area contributed by atoms with Crippen LogP contribution in [0.5, 0.6) is 0 Å². The minimum Gasteiger partial charge on any atom is -0.376 e. The second-order valence-electron chi connectivity index (χ2n) is 3.16. The normalized spacial score (nSPS) is 26.0. The molecule has 1 heterocycles. The fourth-order valence-corrected chi connectivity index (χ4v) is 1.53. The van der Waals surface area contributed by atoms with Crippen LogP contribution in [-0.4, -0.2) is 50.3 Å². The molecule has 0 bridgehead atoms. The number of ether oxygens (including phenoxy) is 1. The molecule has 1 unspecified atom stereocenters. The Morgan fingerprint density at radius 3 is 2.83 bits per heavy atom. The largest absolute Gasteiger partial charge is 0.376 e. The van der Waals surface area contributed by atoms with E-state index in [1.54, 1.807) is 0 Å². The van der Waals surface area contributed by atoms with E-state index in [1.807, 2.05) is 0 Å². The third kappa shape index (κ3) is 3.06. The molecule has 0 aromatic heterocycles. The topological polar surface area (TPSA) is 64.5 Å². The van der Waals surface area contributed by atoms with Gasteiger partial charge in [-0.3, -0.25) is 4.90 Å². The van der Waals surface area contributed by atoms with Gasteiger partial charge in [0.25, 0.3) is 0 Å². The maximum Gasteiger partial charge on any atom is 0.0714 e. The van der Waals surface area contributed by atoms with Crippen LogP contribution < -0.4 is 11.5 Å². The summed E-state index contributed by atoms with van der Waals surface area (Å²) >= 11 is 0. The lowest BCUT2D eigenvalue weighted by atomic mass is 10.2. The van der Waals surface area contributed by atoms with Gasteiger partial charge in [-0.2, -0.15) is 0 Å². The van der Waals surface area contributed by atoms with Crippen molar-refractivity contribution in [1.29, 1.82) is 0 Å². The van der Waals surface area contributed by atoms with Crippen molar-refractivity contribution >= 4 is 0 Å². The second kappa shape index (κ2) is 5.48. The number of morpholine rings is 1. The highest BCUT2D eigenvalue weighted by molar-refractivity contribution is 4.71. The first-order valence-electron chi connectivity index (χ1n) is 4.61. The Morgan fingerprint density at radius 2 is 2.17 bits per heavy atom. The highest BCUT2D eigenvalue weighted by Crippen LogP contribution is 2.06. The quantitative estimate of drug-likeness (QED) is 0.572. The smallest absolute Gasteiger partial charge is 0.0714 e. The van der Waals surface area contributed by atoms with Crippen LogP contribution in [0.15, 0.2) is 0 Å². The van der Waals surface area contributed by atoms with E-state index in [4.69, 9.17) is 16.2 Å². The molecule has 1 rings (SSSR count). The van der Waals surface area contributed by atoms with E-state index in [0.717, 1.165) is 39.2 Å². The average molecular weight is 173 g/mol. The lowest BCUT2D eigenvalue weighted by molar-refractivity contribution is -0.0295. The third-order valence-corrected chi connectivity index (χ3v) is 2.16. The number of nitrogens with zero attached hydrogens (tertiary/aromatic N) is 1. The van der Waals surface area contributed by atoms with E-state index in [1.165, 1.54) is 0 Å². The lowest BCUT2D eigenvalue weighted by Gasteiger charge is -2.32. The maximum atomic E-state index is 5.53. The molecule has 0 radical (unpaired) electrons. The van der Waals surface area contributed by atoms with Crippen molar-refractivity contribution in [1.82, 2.24) is 4.90 Å². The van der Waals surface area contributed by atoms with Crippen LogP contribution in [0.4, 0.5) is 0 Å². The van der Waals surface area contributed by atoms with Crippen molar-refractivity contribution in [3.8, 4) is 0 Å². The standard InChI is InChI=1S/C8H19N3O/c9-2-1-8-7-11(4-3-10)5-6-12-8/h8H,1-7,9-10H2. The first kappa shape index (κ1) is 9.92. The van der Waals surface area contributed by atoms with Gasteiger partial charge in [-0.25, -0.2) is 0 Å².